The van der Waals surface area contributed by atoms with Gasteiger partial charge in [-0.05, 0) is 30.5 Å². The Morgan fingerprint density at radius 2 is 1.71 bits per heavy atom. The molecule has 124 valence electrons. The van der Waals surface area contributed by atoms with Crippen molar-refractivity contribution in [2.45, 2.75) is 18.9 Å². The summed E-state index contributed by atoms with van der Waals surface area (Å²) in [6, 6.07) is 18.7. The molecule has 3 rings (SSSR count). The second-order valence-electron chi connectivity index (χ2n) is 5.80. The van der Waals surface area contributed by atoms with Gasteiger partial charge in [0, 0.05) is 18.8 Å². The standard InChI is InChI=1S/C19H21N3O2/c23-18-17(12-14-22(18)16-9-5-2-6-10-16)21-19(24)20-13-11-15-7-3-1-4-8-15/h1-10,17H,11-14H2,(H2,20,21,24). The number of nitrogens with one attached hydrogen (secondary N) is 2. The number of rotatable bonds is 5. The zero-order valence-electron chi connectivity index (χ0n) is 13.4. The van der Waals surface area contributed by atoms with Gasteiger partial charge in [-0.1, -0.05) is 48.5 Å². The molecule has 0 aromatic heterocycles. The molecule has 1 heterocycles. The Hall–Kier alpha value is -2.82. The number of carbonyl (C=O) groups is 2. The van der Waals surface area contributed by atoms with Crippen molar-refractivity contribution in [1.82, 2.24) is 10.6 Å². The highest BCUT2D eigenvalue weighted by molar-refractivity contribution is 6.01. The third kappa shape index (κ3) is 3.93. The molecule has 3 amide bonds. The number of urea groups is 1. The Kier molecular flexibility index (Phi) is 5.11. The van der Waals surface area contributed by atoms with Crippen LogP contribution < -0.4 is 15.5 Å². The van der Waals surface area contributed by atoms with E-state index in [1.807, 2.05) is 60.7 Å². The van der Waals surface area contributed by atoms with Crippen LogP contribution in [-0.2, 0) is 11.2 Å². The molecule has 1 unspecified atom stereocenters. The molecule has 0 spiro atoms. The predicted molar refractivity (Wildman–Crippen MR) is 93.9 cm³/mol. The number of benzene rings is 2. The number of carbonyl (C=O) groups excluding carboxylic acids is 2. The van der Waals surface area contributed by atoms with Crippen LogP contribution in [0.3, 0.4) is 0 Å². The topological polar surface area (TPSA) is 61.4 Å². The van der Waals surface area contributed by atoms with Crippen LogP contribution in [0.25, 0.3) is 0 Å². The first-order valence-electron chi connectivity index (χ1n) is 8.19. The molecular formula is C19H21N3O2. The van der Waals surface area contributed by atoms with E-state index in [1.165, 1.54) is 5.56 Å². The van der Waals surface area contributed by atoms with Gasteiger partial charge >= 0.3 is 6.03 Å². The average Bonchev–Trinajstić information content (AvgIpc) is 2.97. The molecule has 0 bridgehead atoms. The van der Waals surface area contributed by atoms with Crippen LogP contribution in [0, 0.1) is 0 Å². The van der Waals surface area contributed by atoms with Gasteiger partial charge in [-0.3, -0.25) is 4.79 Å². The summed E-state index contributed by atoms with van der Waals surface area (Å²) in [4.78, 5) is 26.1. The molecule has 1 saturated heterocycles. The molecule has 2 N–H and O–H groups in total. The lowest BCUT2D eigenvalue weighted by Crippen LogP contribution is -2.46. The van der Waals surface area contributed by atoms with Crippen molar-refractivity contribution in [2.75, 3.05) is 18.0 Å². The first kappa shape index (κ1) is 16.1. The van der Waals surface area contributed by atoms with Gasteiger partial charge in [0.15, 0.2) is 0 Å². The Morgan fingerprint density at radius 3 is 2.42 bits per heavy atom. The molecule has 2 aromatic rings. The fraction of sp³-hybridized carbons (Fsp3) is 0.263. The van der Waals surface area contributed by atoms with Gasteiger partial charge < -0.3 is 15.5 Å². The van der Waals surface area contributed by atoms with Crippen LogP contribution in [0.15, 0.2) is 60.7 Å². The van der Waals surface area contributed by atoms with Gasteiger partial charge in [0.1, 0.15) is 6.04 Å². The quantitative estimate of drug-likeness (QED) is 0.887. The number of para-hydroxylation sites is 1. The van der Waals surface area contributed by atoms with Crippen LogP contribution in [0.2, 0.25) is 0 Å². The summed E-state index contributed by atoms with van der Waals surface area (Å²) in [7, 11) is 0. The molecule has 0 saturated carbocycles. The summed E-state index contributed by atoms with van der Waals surface area (Å²) in [5.74, 6) is -0.0561. The average molecular weight is 323 g/mol. The summed E-state index contributed by atoms with van der Waals surface area (Å²) in [6.45, 7) is 1.16. The Morgan fingerprint density at radius 1 is 1.04 bits per heavy atom. The number of hydrogen-bond acceptors (Lipinski definition) is 2. The molecule has 0 aliphatic carbocycles. The van der Waals surface area contributed by atoms with Crippen LogP contribution >= 0.6 is 0 Å². The largest absolute Gasteiger partial charge is 0.338 e. The van der Waals surface area contributed by atoms with E-state index in [-0.39, 0.29) is 11.9 Å². The number of hydrogen-bond donors (Lipinski definition) is 2. The molecule has 5 nitrogen and oxygen atoms in total. The maximum atomic E-state index is 12.4. The lowest BCUT2D eigenvalue weighted by Gasteiger charge is -2.17. The van der Waals surface area contributed by atoms with E-state index in [0.717, 1.165) is 12.1 Å². The molecule has 24 heavy (non-hydrogen) atoms. The van der Waals surface area contributed by atoms with E-state index in [0.29, 0.717) is 19.5 Å². The molecule has 0 radical (unpaired) electrons. The third-order valence-electron chi connectivity index (χ3n) is 4.12. The monoisotopic (exact) mass is 323 g/mol. The van der Waals surface area contributed by atoms with Gasteiger partial charge in [-0.25, -0.2) is 4.79 Å². The van der Waals surface area contributed by atoms with E-state index in [4.69, 9.17) is 0 Å². The van der Waals surface area contributed by atoms with Crippen molar-refractivity contribution < 1.29 is 9.59 Å². The van der Waals surface area contributed by atoms with Crippen molar-refractivity contribution >= 4 is 17.6 Å². The second-order valence-corrected chi connectivity index (χ2v) is 5.80. The fourth-order valence-corrected chi connectivity index (χ4v) is 2.85. The number of nitrogens with zero attached hydrogens (tertiary/aromatic N) is 1. The van der Waals surface area contributed by atoms with Gasteiger partial charge in [0.25, 0.3) is 0 Å². The molecule has 1 fully saturated rings. The predicted octanol–water partition coefficient (Wildman–Crippen LogP) is 2.33. The highest BCUT2D eigenvalue weighted by Gasteiger charge is 2.33. The molecular weight excluding hydrogens is 302 g/mol. The lowest BCUT2D eigenvalue weighted by atomic mass is 10.1. The Balaban J connectivity index is 1.46. The van der Waals surface area contributed by atoms with E-state index in [9.17, 15) is 9.59 Å². The minimum atomic E-state index is -0.457. The summed E-state index contributed by atoms with van der Waals surface area (Å²) >= 11 is 0. The Labute approximate surface area is 141 Å². The van der Waals surface area contributed by atoms with Gasteiger partial charge in [-0.2, -0.15) is 0 Å². The fourth-order valence-electron chi connectivity index (χ4n) is 2.85. The minimum absolute atomic E-state index is 0.0561. The SMILES string of the molecule is O=C(NCCc1ccccc1)NC1CCN(c2ccccc2)C1=O. The third-order valence-corrected chi connectivity index (χ3v) is 4.12. The second kappa shape index (κ2) is 7.64. The van der Waals surface area contributed by atoms with Crippen LogP contribution in [-0.4, -0.2) is 31.1 Å². The zero-order chi connectivity index (χ0) is 16.8. The minimum Gasteiger partial charge on any atom is -0.338 e. The van der Waals surface area contributed by atoms with Crippen LogP contribution in [0.4, 0.5) is 10.5 Å². The molecule has 1 aliphatic heterocycles. The highest BCUT2D eigenvalue weighted by Crippen LogP contribution is 2.20. The molecule has 5 heteroatoms. The first-order chi connectivity index (χ1) is 11.7. The van der Waals surface area contributed by atoms with Crippen molar-refractivity contribution in [3.8, 4) is 0 Å². The van der Waals surface area contributed by atoms with Crippen molar-refractivity contribution in [3.05, 3.63) is 66.2 Å². The molecule has 1 aliphatic rings. The molecule has 1 atom stereocenters. The summed E-state index contributed by atoms with van der Waals surface area (Å²) in [5, 5.41) is 5.59. The lowest BCUT2D eigenvalue weighted by molar-refractivity contribution is -0.118. The molecule has 2 aromatic carbocycles. The summed E-state index contributed by atoms with van der Waals surface area (Å²) in [5.41, 5.74) is 2.04. The number of anilines is 1. The van der Waals surface area contributed by atoms with E-state index >= 15 is 0 Å². The van der Waals surface area contributed by atoms with Gasteiger partial charge in [0.05, 0.1) is 0 Å². The Bertz CT molecular complexity index is 688. The van der Waals surface area contributed by atoms with E-state index in [1.54, 1.807) is 4.90 Å². The van der Waals surface area contributed by atoms with Crippen molar-refractivity contribution in [2.24, 2.45) is 0 Å². The zero-order valence-corrected chi connectivity index (χ0v) is 13.4. The van der Waals surface area contributed by atoms with Crippen LogP contribution in [0.5, 0.6) is 0 Å². The summed E-state index contributed by atoms with van der Waals surface area (Å²) < 4.78 is 0. The van der Waals surface area contributed by atoms with E-state index < -0.39 is 6.04 Å². The maximum absolute atomic E-state index is 12.4. The highest BCUT2D eigenvalue weighted by atomic mass is 16.2. The first-order valence-corrected chi connectivity index (χ1v) is 8.19. The maximum Gasteiger partial charge on any atom is 0.315 e. The number of amides is 3. The van der Waals surface area contributed by atoms with Gasteiger partial charge in [-0.15, -0.1) is 0 Å². The van der Waals surface area contributed by atoms with Crippen molar-refractivity contribution in [3.63, 3.8) is 0 Å². The van der Waals surface area contributed by atoms with E-state index in [2.05, 4.69) is 10.6 Å². The smallest absolute Gasteiger partial charge is 0.315 e. The normalized spacial score (nSPS) is 16.9. The summed E-state index contributed by atoms with van der Waals surface area (Å²) in [6.07, 6.45) is 1.39. The van der Waals surface area contributed by atoms with Gasteiger partial charge in [0.2, 0.25) is 5.91 Å². The van der Waals surface area contributed by atoms with Crippen LogP contribution in [0.1, 0.15) is 12.0 Å². The van der Waals surface area contributed by atoms with Crippen molar-refractivity contribution in [1.29, 1.82) is 0 Å².